The second-order valence-corrected chi connectivity index (χ2v) is 4.50. The van der Waals surface area contributed by atoms with Crippen LogP contribution in [0.25, 0.3) is 10.8 Å². The van der Waals surface area contributed by atoms with E-state index in [4.69, 9.17) is 0 Å². The first-order valence-corrected chi connectivity index (χ1v) is 6.76. The maximum Gasteiger partial charge on any atom is 0.251 e. The van der Waals surface area contributed by atoms with Crippen molar-refractivity contribution in [2.45, 2.75) is 13.8 Å². The van der Waals surface area contributed by atoms with Crippen LogP contribution < -0.4 is 10.6 Å². The Hall–Kier alpha value is -2.36. The third-order valence-corrected chi connectivity index (χ3v) is 3.04. The summed E-state index contributed by atoms with van der Waals surface area (Å²) in [5, 5.41) is 7.43. The van der Waals surface area contributed by atoms with Gasteiger partial charge < -0.3 is 10.6 Å². The fourth-order valence-corrected chi connectivity index (χ4v) is 2.05. The summed E-state index contributed by atoms with van der Waals surface area (Å²) in [5.41, 5.74) is 1.26. The van der Waals surface area contributed by atoms with E-state index < -0.39 is 0 Å². The molecule has 0 aliphatic rings. The topological polar surface area (TPSA) is 58.2 Å². The minimum absolute atomic E-state index is 0.0813. The lowest BCUT2D eigenvalue weighted by molar-refractivity contribution is 0.0947. The Morgan fingerprint density at radius 1 is 0.800 bits per heavy atom. The van der Waals surface area contributed by atoms with E-state index in [0.717, 1.165) is 10.8 Å². The molecule has 0 aliphatic heterocycles. The molecule has 0 fully saturated rings. The Morgan fingerprint density at radius 3 is 1.55 bits per heavy atom. The fourth-order valence-electron chi connectivity index (χ4n) is 2.05. The summed E-state index contributed by atoms with van der Waals surface area (Å²) in [7, 11) is 0. The van der Waals surface area contributed by atoms with Gasteiger partial charge in [0.25, 0.3) is 11.8 Å². The van der Waals surface area contributed by atoms with Crippen molar-refractivity contribution in [2.75, 3.05) is 13.1 Å². The van der Waals surface area contributed by atoms with Crippen LogP contribution in [0, 0.1) is 0 Å². The van der Waals surface area contributed by atoms with Gasteiger partial charge in [0.1, 0.15) is 0 Å². The minimum atomic E-state index is -0.0813. The molecule has 2 N–H and O–H groups in total. The van der Waals surface area contributed by atoms with Crippen molar-refractivity contribution in [1.29, 1.82) is 0 Å². The molecule has 0 unspecified atom stereocenters. The molecule has 2 amide bonds. The molecule has 0 heterocycles. The van der Waals surface area contributed by atoms with Gasteiger partial charge in [0.05, 0.1) is 0 Å². The number of amides is 2. The van der Waals surface area contributed by atoms with Gasteiger partial charge >= 0.3 is 0 Å². The Bertz CT molecular complexity index is 593. The number of hydrogen-bond donors (Lipinski definition) is 2. The molecule has 104 valence electrons. The Kier molecular flexibility index (Phi) is 4.35. The van der Waals surface area contributed by atoms with Crippen LogP contribution in [0.1, 0.15) is 34.6 Å². The summed E-state index contributed by atoms with van der Waals surface area (Å²) in [6.45, 7) is 4.98. The molecule has 4 heteroatoms. The summed E-state index contributed by atoms with van der Waals surface area (Å²) in [6, 6.07) is 10.9. The first kappa shape index (κ1) is 14.1. The summed E-state index contributed by atoms with van der Waals surface area (Å²) in [5.74, 6) is -0.163. The molecule has 0 bridgehead atoms. The average Bonchev–Trinajstić information content (AvgIpc) is 2.46. The van der Waals surface area contributed by atoms with E-state index in [1.807, 2.05) is 38.1 Å². The smallest absolute Gasteiger partial charge is 0.251 e. The van der Waals surface area contributed by atoms with Crippen LogP contribution in [0.5, 0.6) is 0 Å². The first-order chi connectivity index (χ1) is 9.65. The molecule has 2 rings (SSSR count). The fraction of sp³-hybridized carbons (Fsp3) is 0.250. The number of hydrogen-bond acceptors (Lipinski definition) is 2. The van der Waals surface area contributed by atoms with Crippen LogP contribution in [0.2, 0.25) is 0 Å². The van der Waals surface area contributed by atoms with Gasteiger partial charge in [0.2, 0.25) is 0 Å². The summed E-state index contributed by atoms with van der Waals surface area (Å²) in [6.07, 6.45) is 0. The van der Waals surface area contributed by atoms with Gasteiger partial charge in [-0.15, -0.1) is 0 Å². The van der Waals surface area contributed by atoms with Crippen LogP contribution >= 0.6 is 0 Å². The maximum atomic E-state index is 11.8. The van der Waals surface area contributed by atoms with E-state index in [2.05, 4.69) is 10.6 Å². The second-order valence-electron chi connectivity index (χ2n) is 4.50. The van der Waals surface area contributed by atoms with Crippen molar-refractivity contribution < 1.29 is 9.59 Å². The number of fused-ring (bicyclic) bond motifs is 1. The van der Waals surface area contributed by atoms with Crippen molar-refractivity contribution >= 4 is 22.6 Å². The van der Waals surface area contributed by atoms with E-state index >= 15 is 0 Å². The van der Waals surface area contributed by atoms with Crippen LogP contribution in [-0.2, 0) is 0 Å². The van der Waals surface area contributed by atoms with Crippen molar-refractivity contribution in [3.63, 3.8) is 0 Å². The average molecular weight is 270 g/mol. The molecular formula is C16H18N2O2. The summed E-state index contributed by atoms with van der Waals surface area (Å²) < 4.78 is 0. The zero-order chi connectivity index (χ0) is 14.5. The molecule has 0 radical (unpaired) electrons. The lowest BCUT2D eigenvalue weighted by Crippen LogP contribution is -2.23. The summed E-state index contributed by atoms with van der Waals surface area (Å²) >= 11 is 0. The highest BCUT2D eigenvalue weighted by Gasteiger charge is 2.08. The lowest BCUT2D eigenvalue weighted by Gasteiger charge is -2.06. The molecule has 2 aromatic rings. The predicted molar refractivity (Wildman–Crippen MR) is 80.0 cm³/mol. The SMILES string of the molecule is CCNC(=O)c1ccc2cc(C(=O)NCC)ccc2c1. The van der Waals surface area contributed by atoms with Crippen LogP contribution in [0.3, 0.4) is 0 Å². The van der Waals surface area contributed by atoms with Crippen molar-refractivity contribution in [1.82, 2.24) is 10.6 Å². The molecule has 0 aliphatic carbocycles. The molecule has 0 atom stereocenters. The molecule has 4 nitrogen and oxygen atoms in total. The van der Waals surface area contributed by atoms with Crippen LogP contribution in [0.4, 0.5) is 0 Å². The number of benzene rings is 2. The van der Waals surface area contributed by atoms with Crippen LogP contribution in [0.15, 0.2) is 36.4 Å². The van der Waals surface area contributed by atoms with E-state index in [0.29, 0.717) is 24.2 Å². The minimum Gasteiger partial charge on any atom is -0.352 e. The van der Waals surface area contributed by atoms with Gasteiger partial charge in [-0.05, 0) is 48.9 Å². The number of rotatable bonds is 4. The van der Waals surface area contributed by atoms with Crippen molar-refractivity contribution in [2.24, 2.45) is 0 Å². The van der Waals surface area contributed by atoms with E-state index in [-0.39, 0.29) is 11.8 Å². The third kappa shape index (κ3) is 2.96. The number of carbonyl (C=O) groups excluding carboxylic acids is 2. The third-order valence-electron chi connectivity index (χ3n) is 3.04. The quantitative estimate of drug-likeness (QED) is 0.896. The molecule has 0 spiro atoms. The molecule has 20 heavy (non-hydrogen) atoms. The monoisotopic (exact) mass is 270 g/mol. The Morgan fingerprint density at radius 2 is 1.20 bits per heavy atom. The molecule has 0 saturated carbocycles. The Labute approximate surface area is 118 Å². The number of carbonyl (C=O) groups is 2. The highest BCUT2D eigenvalue weighted by atomic mass is 16.2. The van der Waals surface area contributed by atoms with Crippen LogP contribution in [-0.4, -0.2) is 24.9 Å². The zero-order valence-corrected chi connectivity index (χ0v) is 11.7. The molecule has 0 saturated heterocycles. The molecular weight excluding hydrogens is 252 g/mol. The summed E-state index contributed by atoms with van der Waals surface area (Å²) in [4.78, 5) is 23.5. The van der Waals surface area contributed by atoms with Crippen molar-refractivity contribution in [3.8, 4) is 0 Å². The predicted octanol–water partition coefficient (Wildman–Crippen LogP) is 2.34. The molecule has 2 aromatic carbocycles. The zero-order valence-electron chi connectivity index (χ0n) is 11.7. The van der Waals surface area contributed by atoms with Gasteiger partial charge in [-0.1, -0.05) is 12.1 Å². The molecule has 0 aromatic heterocycles. The van der Waals surface area contributed by atoms with E-state index in [1.54, 1.807) is 12.1 Å². The van der Waals surface area contributed by atoms with Crippen molar-refractivity contribution in [3.05, 3.63) is 47.5 Å². The Balaban J connectivity index is 2.34. The second kappa shape index (κ2) is 6.19. The standard InChI is InChI=1S/C16H18N2O2/c1-3-17-15(19)13-7-5-12-10-14(16(20)18-4-2)8-6-11(12)9-13/h5-10H,3-4H2,1-2H3,(H,17,19)(H,18,20). The van der Waals surface area contributed by atoms with Gasteiger partial charge in [-0.25, -0.2) is 0 Å². The highest BCUT2D eigenvalue weighted by Crippen LogP contribution is 2.18. The number of nitrogens with one attached hydrogen (secondary N) is 2. The highest BCUT2D eigenvalue weighted by molar-refractivity contribution is 6.01. The lowest BCUT2D eigenvalue weighted by atomic mass is 10.0. The normalized spacial score (nSPS) is 10.3. The van der Waals surface area contributed by atoms with E-state index in [9.17, 15) is 9.59 Å². The van der Waals surface area contributed by atoms with Gasteiger partial charge in [0, 0.05) is 24.2 Å². The van der Waals surface area contributed by atoms with Gasteiger partial charge in [0.15, 0.2) is 0 Å². The van der Waals surface area contributed by atoms with Gasteiger partial charge in [-0.2, -0.15) is 0 Å². The maximum absolute atomic E-state index is 11.8. The largest absolute Gasteiger partial charge is 0.352 e. The van der Waals surface area contributed by atoms with E-state index in [1.165, 1.54) is 0 Å². The van der Waals surface area contributed by atoms with Gasteiger partial charge in [-0.3, -0.25) is 9.59 Å². The first-order valence-electron chi connectivity index (χ1n) is 6.76.